The van der Waals surface area contributed by atoms with Crippen LogP contribution in [0.2, 0.25) is 0 Å². The highest BCUT2D eigenvalue weighted by molar-refractivity contribution is 5.84. The summed E-state index contributed by atoms with van der Waals surface area (Å²) >= 11 is 0. The van der Waals surface area contributed by atoms with E-state index >= 15 is 0 Å². The number of rotatable bonds is 1. The minimum atomic E-state index is 0.191. The minimum Gasteiger partial charge on any atom is -0.484 e. The Kier molecular flexibility index (Phi) is 5.85. The summed E-state index contributed by atoms with van der Waals surface area (Å²) in [5.74, 6) is 2.51. The van der Waals surface area contributed by atoms with E-state index in [0.717, 1.165) is 36.7 Å². The van der Waals surface area contributed by atoms with E-state index in [9.17, 15) is 0 Å². The Hall–Kier alpha value is -3.31. The van der Waals surface area contributed by atoms with Gasteiger partial charge in [0.2, 0.25) is 0 Å². The smallest absolute Gasteiger partial charge is 0.141 e. The molecule has 5 heteroatoms. The number of hydrogen-bond donors (Lipinski definition) is 1. The van der Waals surface area contributed by atoms with Crippen molar-refractivity contribution in [3.8, 4) is 11.5 Å². The van der Waals surface area contributed by atoms with E-state index in [1.54, 1.807) is 18.7 Å². The first-order chi connectivity index (χ1) is 15.4. The summed E-state index contributed by atoms with van der Waals surface area (Å²) in [7, 11) is 0. The van der Waals surface area contributed by atoms with Crippen molar-refractivity contribution >= 4 is 6.21 Å². The Morgan fingerprint density at radius 3 is 2.61 bits per heavy atom. The highest BCUT2D eigenvalue weighted by Gasteiger charge is 2.31. The fourth-order valence-corrected chi connectivity index (χ4v) is 4.40. The molecule has 1 fully saturated rings. The number of nitrogens with zero attached hydrogens (tertiary/aromatic N) is 2. The van der Waals surface area contributed by atoms with E-state index in [0.29, 0.717) is 5.92 Å². The summed E-state index contributed by atoms with van der Waals surface area (Å²) in [5, 5.41) is 3.44. The maximum Gasteiger partial charge on any atom is 0.141 e. The summed E-state index contributed by atoms with van der Waals surface area (Å²) in [6, 6.07) is 20.6. The normalized spacial score (nSPS) is 19.3. The molecule has 6 rings (SSSR count). The Bertz CT molecular complexity index is 1080. The summed E-state index contributed by atoms with van der Waals surface area (Å²) in [5.41, 5.74) is 3.62. The van der Waals surface area contributed by atoms with Gasteiger partial charge in [-0.2, -0.15) is 0 Å². The van der Waals surface area contributed by atoms with Gasteiger partial charge >= 0.3 is 0 Å². The minimum absolute atomic E-state index is 0.191. The van der Waals surface area contributed by atoms with E-state index in [1.807, 2.05) is 24.3 Å². The summed E-state index contributed by atoms with van der Waals surface area (Å²) < 4.78 is 14.0. The standard InChI is InChI=1S/C17H20N2O.C9H7NO/c1-2-6-16-14(4-1)12-19-11-3-5-15(19)17(20-16)13-7-9-18-10-8-13;1-2-4-9-8(3-1)7-10-5-6-11-9/h1-6,11,13,17-18H,7-10,12H2;1-7H. The molecule has 1 unspecified atom stereocenters. The van der Waals surface area contributed by atoms with Crippen molar-refractivity contribution in [3.63, 3.8) is 0 Å². The van der Waals surface area contributed by atoms with Gasteiger partial charge in [-0.1, -0.05) is 30.3 Å². The summed E-state index contributed by atoms with van der Waals surface area (Å²) in [4.78, 5) is 3.98. The zero-order valence-corrected chi connectivity index (χ0v) is 17.5. The third kappa shape index (κ3) is 4.42. The van der Waals surface area contributed by atoms with Crippen LogP contribution in [0.25, 0.3) is 0 Å². The number of aliphatic imine (C=N–C) groups is 1. The third-order valence-corrected chi connectivity index (χ3v) is 6.01. The molecule has 3 aromatic rings. The molecule has 31 heavy (non-hydrogen) atoms. The van der Waals surface area contributed by atoms with Crippen LogP contribution >= 0.6 is 0 Å². The highest BCUT2D eigenvalue weighted by atomic mass is 16.5. The zero-order valence-electron chi connectivity index (χ0n) is 17.5. The highest BCUT2D eigenvalue weighted by Crippen LogP contribution is 2.37. The first-order valence-electron chi connectivity index (χ1n) is 10.9. The molecule has 0 radical (unpaired) electrons. The third-order valence-electron chi connectivity index (χ3n) is 6.01. The van der Waals surface area contributed by atoms with Gasteiger partial charge in [-0.05, 0) is 56.3 Å². The van der Waals surface area contributed by atoms with Crippen molar-refractivity contribution in [1.29, 1.82) is 0 Å². The van der Waals surface area contributed by atoms with Gasteiger partial charge < -0.3 is 19.4 Å². The Balaban J connectivity index is 0.000000157. The number of benzene rings is 2. The quantitative estimate of drug-likeness (QED) is 0.615. The molecule has 0 amide bonds. The molecule has 1 saturated heterocycles. The van der Waals surface area contributed by atoms with Crippen LogP contribution in [-0.2, 0) is 6.54 Å². The lowest BCUT2D eigenvalue weighted by atomic mass is 9.90. The van der Waals surface area contributed by atoms with Crippen LogP contribution in [0.3, 0.4) is 0 Å². The van der Waals surface area contributed by atoms with Crippen molar-refractivity contribution < 1.29 is 9.47 Å². The predicted molar refractivity (Wildman–Crippen MR) is 123 cm³/mol. The maximum atomic E-state index is 6.43. The van der Waals surface area contributed by atoms with E-state index in [2.05, 4.69) is 57.5 Å². The van der Waals surface area contributed by atoms with E-state index in [1.165, 1.54) is 24.1 Å². The van der Waals surface area contributed by atoms with Gasteiger partial charge in [0.05, 0.1) is 18.4 Å². The number of para-hydroxylation sites is 2. The Morgan fingerprint density at radius 1 is 0.903 bits per heavy atom. The fraction of sp³-hybridized carbons (Fsp3) is 0.269. The van der Waals surface area contributed by atoms with Crippen molar-refractivity contribution in [2.45, 2.75) is 25.5 Å². The van der Waals surface area contributed by atoms with Crippen molar-refractivity contribution in [1.82, 2.24) is 9.88 Å². The van der Waals surface area contributed by atoms with E-state index < -0.39 is 0 Å². The number of nitrogens with one attached hydrogen (secondary N) is 1. The molecule has 4 heterocycles. The van der Waals surface area contributed by atoms with Crippen molar-refractivity contribution in [3.05, 3.63) is 96.1 Å². The molecule has 3 aliphatic heterocycles. The lowest BCUT2D eigenvalue weighted by Gasteiger charge is -2.30. The molecule has 1 atom stereocenters. The first kappa shape index (κ1) is 19.6. The second kappa shape index (κ2) is 9.23. The van der Waals surface area contributed by atoms with Gasteiger partial charge in [-0.15, -0.1) is 0 Å². The number of fused-ring (bicyclic) bond motifs is 3. The summed E-state index contributed by atoms with van der Waals surface area (Å²) in [6.07, 6.45) is 9.72. The Labute approximate surface area is 183 Å². The second-order valence-electron chi connectivity index (χ2n) is 8.01. The van der Waals surface area contributed by atoms with E-state index in [4.69, 9.17) is 9.47 Å². The molecule has 1 aromatic heterocycles. The molecular formula is C26H27N3O2. The molecule has 2 aromatic carbocycles. The maximum absolute atomic E-state index is 6.43. The first-order valence-corrected chi connectivity index (χ1v) is 10.9. The fourth-order valence-electron chi connectivity index (χ4n) is 4.40. The molecule has 3 aliphatic rings. The van der Waals surface area contributed by atoms with Gasteiger partial charge in [-0.25, -0.2) is 0 Å². The molecule has 158 valence electrons. The molecular weight excluding hydrogens is 386 g/mol. The van der Waals surface area contributed by atoms with Crippen LogP contribution in [0.4, 0.5) is 0 Å². The predicted octanol–water partition coefficient (Wildman–Crippen LogP) is 4.94. The number of ether oxygens (including phenoxy) is 2. The number of piperidine rings is 1. The lowest BCUT2D eigenvalue weighted by Crippen LogP contribution is -2.33. The van der Waals surface area contributed by atoms with Gasteiger partial charge in [0.1, 0.15) is 23.9 Å². The number of hydrogen-bond acceptors (Lipinski definition) is 4. The zero-order chi connectivity index (χ0) is 20.9. The molecule has 0 spiro atoms. The van der Waals surface area contributed by atoms with Gasteiger partial charge in [0, 0.05) is 29.5 Å². The van der Waals surface area contributed by atoms with Crippen molar-refractivity contribution in [2.24, 2.45) is 10.9 Å². The average molecular weight is 414 g/mol. The van der Waals surface area contributed by atoms with Gasteiger partial charge in [-0.3, -0.25) is 4.99 Å². The summed E-state index contributed by atoms with van der Waals surface area (Å²) in [6.45, 7) is 3.12. The van der Waals surface area contributed by atoms with Crippen LogP contribution in [0.15, 0.2) is 84.3 Å². The number of aromatic nitrogens is 1. The molecule has 0 aliphatic carbocycles. The Morgan fingerprint density at radius 2 is 1.71 bits per heavy atom. The molecule has 1 N–H and O–H groups in total. The van der Waals surface area contributed by atoms with Crippen LogP contribution in [-0.4, -0.2) is 23.9 Å². The van der Waals surface area contributed by atoms with E-state index in [-0.39, 0.29) is 6.10 Å². The SMILES string of the molecule is C1=COc2ccccc2C=N1.c1ccc2c(c1)Cn1cccc1C(C1CCNCC1)O2. The molecule has 5 nitrogen and oxygen atoms in total. The van der Waals surface area contributed by atoms with Crippen LogP contribution in [0.1, 0.15) is 35.8 Å². The van der Waals surface area contributed by atoms with Crippen LogP contribution < -0.4 is 14.8 Å². The van der Waals surface area contributed by atoms with Crippen LogP contribution in [0, 0.1) is 5.92 Å². The second-order valence-corrected chi connectivity index (χ2v) is 8.01. The molecule has 0 bridgehead atoms. The monoisotopic (exact) mass is 413 g/mol. The largest absolute Gasteiger partial charge is 0.484 e. The lowest BCUT2D eigenvalue weighted by molar-refractivity contribution is 0.109. The van der Waals surface area contributed by atoms with Crippen LogP contribution in [0.5, 0.6) is 11.5 Å². The van der Waals surface area contributed by atoms with Gasteiger partial charge in [0.15, 0.2) is 0 Å². The van der Waals surface area contributed by atoms with Gasteiger partial charge in [0.25, 0.3) is 0 Å². The van der Waals surface area contributed by atoms with Crippen molar-refractivity contribution in [2.75, 3.05) is 13.1 Å². The topological polar surface area (TPSA) is 47.8 Å². The molecule has 0 saturated carbocycles. The average Bonchev–Trinajstić information content (AvgIpc) is 3.06.